The fourth-order valence-corrected chi connectivity index (χ4v) is 4.54. The van der Waals surface area contributed by atoms with E-state index in [0.29, 0.717) is 18.2 Å². The monoisotopic (exact) mass is 352 g/mol. The summed E-state index contributed by atoms with van der Waals surface area (Å²) in [5.74, 6) is 0.546. The van der Waals surface area contributed by atoms with Crippen molar-refractivity contribution in [3.05, 3.63) is 35.5 Å². The molecule has 1 amide bonds. The normalized spacial score (nSPS) is 28.2. The van der Waals surface area contributed by atoms with Crippen molar-refractivity contribution in [2.24, 2.45) is 5.92 Å². The molecule has 1 aromatic carbocycles. The number of fused-ring (bicyclic) bond motifs is 4. The summed E-state index contributed by atoms with van der Waals surface area (Å²) >= 11 is 0. The van der Waals surface area contributed by atoms with Crippen LogP contribution < -0.4 is 5.32 Å². The Morgan fingerprint density at radius 3 is 2.92 bits per heavy atom. The third kappa shape index (κ3) is 2.83. The van der Waals surface area contributed by atoms with E-state index in [0.717, 1.165) is 36.0 Å². The first-order valence-corrected chi connectivity index (χ1v) is 9.56. The Morgan fingerprint density at radius 2 is 2.19 bits per heavy atom. The molecule has 136 valence electrons. The third-order valence-electron chi connectivity index (χ3n) is 6.08. The van der Waals surface area contributed by atoms with Gasteiger partial charge >= 0.3 is 0 Å². The fourth-order valence-electron chi connectivity index (χ4n) is 4.54. The summed E-state index contributed by atoms with van der Waals surface area (Å²) in [5, 5.41) is 11.5. The van der Waals surface area contributed by atoms with Gasteiger partial charge in [-0.1, -0.05) is 12.1 Å². The lowest BCUT2D eigenvalue weighted by atomic mass is 9.84. The molecule has 1 atom stereocenters. The lowest BCUT2D eigenvalue weighted by Gasteiger charge is -2.44. The molecule has 1 aromatic heterocycles. The Bertz CT molecular complexity index is 864. The van der Waals surface area contributed by atoms with Crippen LogP contribution in [0.4, 0.5) is 0 Å². The first-order valence-electron chi connectivity index (χ1n) is 9.56. The van der Waals surface area contributed by atoms with Crippen molar-refractivity contribution >= 4 is 22.4 Å². The van der Waals surface area contributed by atoms with Crippen LogP contribution in [-0.4, -0.2) is 59.9 Å². The van der Waals surface area contributed by atoms with E-state index >= 15 is 0 Å². The molecule has 3 fully saturated rings. The second-order valence-electron chi connectivity index (χ2n) is 7.60. The summed E-state index contributed by atoms with van der Waals surface area (Å²) in [6.45, 7) is 4.72. The van der Waals surface area contributed by atoms with Crippen LogP contribution in [0, 0.1) is 5.92 Å². The zero-order valence-corrected chi connectivity index (χ0v) is 14.8. The Labute approximate surface area is 152 Å². The smallest absolute Gasteiger partial charge is 0.272 e. The number of carbonyl (C=O) groups is 1. The van der Waals surface area contributed by atoms with Crippen molar-refractivity contribution in [2.75, 3.05) is 32.8 Å². The number of piperidine rings is 3. The van der Waals surface area contributed by atoms with E-state index in [2.05, 4.69) is 38.6 Å². The molecule has 6 rings (SSSR count). The number of nitrogens with zero attached hydrogens (tertiary/aromatic N) is 2. The highest BCUT2D eigenvalue weighted by molar-refractivity contribution is 6.05. The molecule has 2 N–H and O–H groups in total. The number of rotatable bonds is 3. The standard InChI is InChI=1S/C20H24N4O2/c25-20(21-18-12-24-7-3-14(18)4-8-24)19-16-11-15(1-2-17(16)22-23-19)13-5-9-26-10-6-13/h1-2,5,11,14,18H,3-4,6-10,12H2,(H,21,25)(H,22,23)/t18-/m0/s1. The van der Waals surface area contributed by atoms with Gasteiger partial charge < -0.3 is 15.0 Å². The maximum Gasteiger partial charge on any atom is 0.272 e. The SMILES string of the molecule is O=C(N[C@H]1CN2CCC1CC2)c1n[nH]c2ccc(C3=CCOCC3)cc12. The first kappa shape index (κ1) is 16.0. The second kappa shape index (κ2) is 6.52. The molecule has 0 unspecified atom stereocenters. The number of benzene rings is 1. The van der Waals surface area contributed by atoms with Crippen molar-refractivity contribution in [3.8, 4) is 0 Å². The van der Waals surface area contributed by atoms with Gasteiger partial charge in [-0.05, 0) is 61.5 Å². The van der Waals surface area contributed by atoms with Crippen molar-refractivity contribution in [3.63, 3.8) is 0 Å². The molecule has 2 bridgehead atoms. The molecule has 6 heteroatoms. The minimum absolute atomic E-state index is 0.0619. The predicted molar refractivity (Wildman–Crippen MR) is 99.9 cm³/mol. The molecule has 5 heterocycles. The van der Waals surface area contributed by atoms with Gasteiger partial charge in [-0.3, -0.25) is 9.89 Å². The van der Waals surface area contributed by atoms with E-state index in [1.165, 1.54) is 31.5 Å². The summed E-state index contributed by atoms with van der Waals surface area (Å²) in [5.41, 5.74) is 3.84. The largest absolute Gasteiger partial charge is 0.377 e. The Morgan fingerprint density at radius 1 is 1.31 bits per heavy atom. The molecule has 6 nitrogen and oxygen atoms in total. The minimum Gasteiger partial charge on any atom is -0.377 e. The number of hydrogen-bond acceptors (Lipinski definition) is 4. The lowest BCUT2D eigenvalue weighted by molar-refractivity contribution is 0.0618. The highest BCUT2D eigenvalue weighted by atomic mass is 16.5. The van der Waals surface area contributed by atoms with E-state index in [1.807, 2.05) is 6.07 Å². The van der Waals surface area contributed by atoms with E-state index in [4.69, 9.17) is 4.74 Å². The van der Waals surface area contributed by atoms with Crippen LogP contribution >= 0.6 is 0 Å². The van der Waals surface area contributed by atoms with Crippen molar-refractivity contribution < 1.29 is 9.53 Å². The summed E-state index contributed by atoms with van der Waals surface area (Å²) in [7, 11) is 0. The second-order valence-corrected chi connectivity index (χ2v) is 7.60. The predicted octanol–water partition coefficient (Wildman–Crippen LogP) is 2.19. The van der Waals surface area contributed by atoms with Gasteiger partial charge in [0.1, 0.15) is 0 Å². The summed E-state index contributed by atoms with van der Waals surface area (Å²) in [6, 6.07) is 6.44. The Hall–Kier alpha value is -2.18. The van der Waals surface area contributed by atoms with Gasteiger partial charge in [-0.25, -0.2) is 0 Å². The van der Waals surface area contributed by atoms with E-state index in [9.17, 15) is 4.79 Å². The molecular formula is C20H24N4O2. The number of aromatic nitrogens is 2. The molecule has 4 aliphatic rings. The quantitative estimate of drug-likeness (QED) is 0.888. The zero-order chi connectivity index (χ0) is 17.5. The van der Waals surface area contributed by atoms with Gasteiger partial charge in [-0.15, -0.1) is 0 Å². The number of nitrogens with one attached hydrogen (secondary N) is 2. The highest BCUT2D eigenvalue weighted by Gasteiger charge is 2.35. The summed E-state index contributed by atoms with van der Waals surface area (Å²) < 4.78 is 5.40. The van der Waals surface area contributed by atoms with Crippen molar-refractivity contribution in [1.29, 1.82) is 0 Å². The van der Waals surface area contributed by atoms with Crippen LogP contribution in [-0.2, 0) is 4.74 Å². The number of hydrogen-bond donors (Lipinski definition) is 2. The molecule has 3 saturated heterocycles. The van der Waals surface area contributed by atoms with Crippen molar-refractivity contribution in [1.82, 2.24) is 20.4 Å². The maximum absolute atomic E-state index is 12.9. The van der Waals surface area contributed by atoms with Crippen LogP contribution in [0.5, 0.6) is 0 Å². The van der Waals surface area contributed by atoms with E-state index in [1.54, 1.807) is 0 Å². The van der Waals surface area contributed by atoms with Crippen LogP contribution in [0.3, 0.4) is 0 Å². The number of carbonyl (C=O) groups excluding carboxylic acids is 1. The Balaban J connectivity index is 1.41. The summed E-state index contributed by atoms with van der Waals surface area (Å²) in [4.78, 5) is 15.4. The average molecular weight is 352 g/mol. The minimum atomic E-state index is -0.0619. The topological polar surface area (TPSA) is 70.2 Å². The zero-order valence-electron chi connectivity index (χ0n) is 14.8. The fraction of sp³-hybridized carbons (Fsp3) is 0.500. The molecule has 26 heavy (non-hydrogen) atoms. The van der Waals surface area contributed by atoms with Gasteiger partial charge in [-0.2, -0.15) is 5.10 Å². The molecule has 0 spiro atoms. The molecule has 2 aromatic rings. The molecular weight excluding hydrogens is 328 g/mol. The lowest BCUT2D eigenvalue weighted by Crippen LogP contribution is -2.57. The maximum atomic E-state index is 12.9. The average Bonchev–Trinajstić information content (AvgIpc) is 3.13. The van der Waals surface area contributed by atoms with Crippen LogP contribution in [0.15, 0.2) is 24.3 Å². The Kier molecular flexibility index (Phi) is 4.02. The number of aromatic amines is 1. The highest BCUT2D eigenvalue weighted by Crippen LogP contribution is 2.29. The van der Waals surface area contributed by atoms with Crippen LogP contribution in [0.25, 0.3) is 16.5 Å². The molecule has 0 saturated carbocycles. The number of ether oxygens (including phenoxy) is 1. The van der Waals surface area contributed by atoms with Crippen LogP contribution in [0.2, 0.25) is 0 Å². The molecule has 4 aliphatic heterocycles. The van der Waals surface area contributed by atoms with Gasteiger partial charge in [0.15, 0.2) is 5.69 Å². The van der Waals surface area contributed by atoms with Gasteiger partial charge in [0.2, 0.25) is 0 Å². The first-order chi connectivity index (χ1) is 12.8. The van der Waals surface area contributed by atoms with Gasteiger partial charge in [0.05, 0.1) is 18.7 Å². The van der Waals surface area contributed by atoms with Crippen LogP contribution in [0.1, 0.15) is 35.3 Å². The molecule has 0 radical (unpaired) electrons. The third-order valence-corrected chi connectivity index (χ3v) is 6.08. The van der Waals surface area contributed by atoms with E-state index in [-0.39, 0.29) is 11.9 Å². The number of H-pyrrole nitrogens is 1. The molecule has 0 aliphatic carbocycles. The summed E-state index contributed by atoms with van der Waals surface area (Å²) in [6.07, 6.45) is 5.40. The van der Waals surface area contributed by atoms with Gasteiger partial charge in [0, 0.05) is 18.0 Å². The van der Waals surface area contributed by atoms with Crippen molar-refractivity contribution in [2.45, 2.75) is 25.3 Å². The number of amides is 1. The van der Waals surface area contributed by atoms with E-state index < -0.39 is 0 Å². The van der Waals surface area contributed by atoms with Gasteiger partial charge in [0.25, 0.3) is 5.91 Å².